The minimum Gasteiger partial charge on any atom is -0.397 e. The van der Waals surface area contributed by atoms with E-state index >= 15 is 0 Å². The molecule has 0 spiro atoms. The number of hydrogen-bond donors (Lipinski definition) is 18. The van der Waals surface area contributed by atoms with Crippen LogP contribution in [0.2, 0.25) is 0 Å². The predicted octanol–water partition coefficient (Wildman–Crippen LogP) is -6.20. The molecule has 0 aromatic carbocycles. The highest BCUT2D eigenvalue weighted by molar-refractivity contribution is 7.86. The summed E-state index contributed by atoms with van der Waals surface area (Å²) in [6, 6.07) is 4.27. The van der Waals surface area contributed by atoms with Gasteiger partial charge >= 0.3 is 41.2 Å². The number of hydrogen-bond acceptors (Lipinski definition) is 42. The summed E-state index contributed by atoms with van der Waals surface area (Å²) in [4.78, 5) is 82.9. The smallest absolute Gasteiger partial charge is 0.362 e. The van der Waals surface area contributed by atoms with E-state index in [0.717, 1.165) is 0 Å². The molecule has 8 aromatic rings. The molecule has 16 rings (SSSR count). The number of rotatable bonds is 0. The van der Waals surface area contributed by atoms with Gasteiger partial charge in [-0.3, -0.25) is 54.2 Å². The molecule has 664 valence electrons. The van der Waals surface area contributed by atoms with Crippen molar-refractivity contribution < 1.29 is 129 Å². The minimum absolute atomic E-state index is 0.0252. The molecular weight excluding hydrogens is 1700 g/mol. The zero-order chi connectivity index (χ0) is 87.6. The second-order valence-corrected chi connectivity index (χ2v) is 34.7. The van der Waals surface area contributed by atoms with Gasteiger partial charge in [-0.25, -0.2) is 58.8 Å². The second-order valence-electron chi connectivity index (χ2n) is 29.3. The SMILES string of the molecule is Nc1ccnc2c1nc1n2[C@@H]2O[C@H](COS(=O)(=O)NC(=O)CCCC#C1)[C@@H](O)[C@H]2O.Nc1ccnc2c1nc1n2[C@@H]2O[C@H](COS(=O)(=O)NC(=O)CCCCC1)[C@@H](O)[C@H]2O.Nc1ccnc2c1nc1n2[C@@H]2O[C@H](COS(=O)(=O)NC(=O)[C@@H](N)CCCC1)[C@@H](O)[C@H]2O.Nc1ccnc2c1nc1n2[C@@H]2O[C@H](COS(=O)(=O)NC(=O)[C@H](N)CCCC1)[C@@H](O)[C@H]2O. The van der Waals surface area contributed by atoms with Crippen LogP contribution < -0.4 is 53.3 Å². The fourth-order valence-electron chi connectivity index (χ4n) is 14.5. The molecule has 0 aliphatic carbocycles. The quantitative estimate of drug-likeness (QED) is 0.0628. The Kier molecular flexibility index (Phi) is 27.5. The van der Waals surface area contributed by atoms with Crippen LogP contribution in [0.5, 0.6) is 0 Å². The van der Waals surface area contributed by atoms with E-state index in [0.29, 0.717) is 150 Å². The fraction of sp³-hybridized carbons (Fsp3) is 0.559. The Bertz CT molecular complexity index is 5600. The van der Waals surface area contributed by atoms with E-state index in [4.69, 9.17) is 70.1 Å². The van der Waals surface area contributed by atoms with Gasteiger partial charge in [-0.15, -0.1) is 0 Å². The lowest BCUT2D eigenvalue weighted by Gasteiger charge is -2.19. The first kappa shape index (κ1) is 89.9. The van der Waals surface area contributed by atoms with Crippen molar-refractivity contribution in [1.29, 1.82) is 0 Å². The summed E-state index contributed by atoms with van der Waals surface area (Å²) in [6.45, 7) is -2.48. The molecular formula is C68H90N22O28S4. The number of fused-ring (bicyclic) bond motifs is 24. The van der Waals surface area contributed by atoms with E-state index in [1.54, 1.807) is 52.1 Å². The number of carbonyl (C=O) groups excluding carboxylic acids is 4. The lowest BCUT2D eigenvalue weighted by molar-refractivity contribution is -0.121. The number of nitrogens with one attached hydrogen (secondary N) is 4. The van der Waals surface area contributed by atoms with E-state index in [2.05, 4.69) is 51.7 Å². The topological polar surface area (TPSA) is 768 Å². The Morgan fingerprint density at radius 3 is 1.00 bits per heavy atom. The van der Waals surface area contributed by atoms with Crippen molar-refractivity contribution in [2.24, 2.45) is 11.5 Å². The number of nitrogens with zero attached hydrogens (tertiary/aromatic N) is 12. The average Bonchev–Trinajstić information content (AvgIpc) is 1.62. The predicted molar refractivity (Wildman–Crippen MR) is 417 cm³/mol. The van der Waals surface area contributed by atoms with Gasteiger partial charge in [0.15, 0.2) is 53.3 Å². The third kappa shape index (κ3) is 20.0. The molecule has 0 unspecified atom stereocenters. The molecule has 24 N–H and O–H groups in total. The van der Waals surface area contributed by atoms with Crippen LogP contribution in [0.4, 0.5) is 22.7 Å². The summed E-state index contributed by atoms with van der Waals surface area (Å²) in [5.74, 6) is 4.26. The largest absolute Gasteiger partial charge is 0.397 e. The Morgan fingerprint density at radius 1 is 0.369 bits per heavy atom. The zero-order valence-corrected chi connectivity index (χ0v) is 67.6. The van der Waals surface area contributed by atoms with E-state index in [9.17, 15) is 93.7 Å². The van der Waals surface area contributed by atoms with Crippen molar-refractivity contribution in [3.05, 3.63) is 72.4 Å². The molecule has 18 atom stereocenters. The maximum absolute atomic E-state index is 12.0. The second kappa shape index (κ2) is 37.3. The lowest BCUT2D eigenvalue weighted by atomic mass is 10.1. The first-order valence-corrected chi connectivity index (χ1v) is 43.9. The van der Waals surface area contributed by atoms with Crippen molar-refractivity contribution in [2.45, 2.75) is 213 Å². The molecule has 4 fully saturated rings. The first-order valence-electron chi connectivity index (χ1n) is 38.2. The molecule has 122 heavy (non-hydrogen) atoms. The summed E-state index contributed by atoms with van der Waals surface area (Å²) < 4.78 is 151. The minimum atomic E-state index is -4.48. The maximum atomic E-state index is 12.0. The summed E-state index contributed by atoms with van der Waals surface area (Å²) in [5, 5.41) is 84.0. The summed E-state index contributed by atoms with van der Waals surface area (Å²) in [6.07, 6.45) is -8.51. The molecule has 8 aliphatic rings. The number of anilines is 4. The van der Waals surface area contributed by atoms with Gasteiger partial charge in [0.2, 0.25) is 11.8 Å². The Morgan fingerprint density at radius 2 is 0.656 bits per heavy atom. The normalized spacial score (nSPS) is 30.9. The van der Waals surface area contributed by atoms with Gasteiger partial charge in [0, 0.05) is 63.3 Å². The lowest BCUT2D eigenvalue weighted by Crippen LogP contribution is -2.45. The van der Waals surface area contributed by atoms with Gasteiger partial charge in [-0.05, 0) is 75.1 Å². The number of aromatic nitrogens is 12. The van der Waals surface area contributed by atoms with Crippen LogP contribution >= 0.6 is 0 Å². The first-order chi connectivity index (χ1) is 57.9. The highest BCUT2D eigenvalue weighted by Gasteiger charge is 2.51. The Labute approximate surface area is 693 Å². The number of aliphatic hydroxyl groups is 8. The van der Waals surface area contributed by atoms with Gasteiger partial charge < -0.3 is 94.2 Å². The number of pyridine rings is 4. The van der Waals surface area contributed by atoms with Gasteiger partial charge in [0.1, 0.15) is 113 Å². The van der Waals surface area contributed by atoms with Gasteiger partial charge in [-0.1, -0.05) is 25.2 Å². The van der Waals surface area contributed by atoms with Crippen LogP contribution in [0.15, 0.2) is 49.1 Å². The van der Waals surface area contributed by atoms with Gasteiger partial charge in [-0.2, -0.15) is 33.7 Å². The number of ether oxygens (including phenoxy) is 4. The molecule has 50 nitrogen and oxygen atoms in total. The van der Waals surface area contributed by atoms with Crippen molar-refractivity contribution in [3.8, 4) is 11.8 Å². The van der Waals surface area contributed by atoms with Crippen molar-refractivity contribution in [3.63, 3.8) is 0 Å². The fourth-order valence-corrected chi connectivity index (χ4v) is 17.5. The summed E-state index contributed by atoms with van der Waals surface area (Å²) in [5.41, 5.74) is 40.1. The number of aryl methyl sites for hydroxylation is 3. The summed E-state index contributed by atoms with van der Waals surface area (Å²) >= 11 is 0. The van der Waals surface area contributed by atoms with Crippen LogP contribution in [-0.2, 0) is 115 Å². The number of amides is 4. The van der Waals surface area contributed by atoms with E-state index in [-0.39, 0.29) is 43.6 Å². The zero-order valence-electron chi connectivity index (χ0n) is 64.4. The molecule has 8 bridgehead atoms. The molecule has 0 saturated carbocycles. The average molecular weight is 1790 g/mol. The number of nitrogens with two attached hydrogens (primary N) is 6. The Balaban J connectivity index is 0.000000140. The molecule has 4 saturated heterocycles. The van der Waals surface area contributed by atoms with Crippen molar-refractivity contribution in [2.75, 3.05) is 49.4 Å². The van der Waals surface area contributed by atoms with Crippen molar-refractivity contribution >= 4 is 132 Å². The molecule has 0 radical (unpaired) electrons. The standard InChI is InChI=1S/2C17H24N6O7S.C17H23N5O7S.C17H19N5O7S/c2*18-8-5-6-20-15-12(8)21-11-4-2-1-3-9(19)16(26)22-31(27,28)29-7-10-13(24)14(25)17(30-10)23(11)15;2*18-9-6-7-19-16-13(9)20-11-4-2-1-3-5-12(23)21-30(26,27)28-8-10-14(24)15(25)17(29-10)22(11)16/h2*5-6,9-10,13-14,17,24-25H,1-4,7,19H2,(H2,18,20)(H,22,26);6-7,10,14-15,17,24-25H,1-5,8H2,(H2,18,19)(H,21,23);6-7,10,14-15,17,24-25H,1,3,5,8H2,(H2,18,19)(H,21,23)/t9-,10+,13+,14+,17+;9-,10-,13-,14-,17-;2*10-,14-,15-,17-/m0111/s1. The third-order valence-electron chi connectivity index (χ3n) is 20.7. The molecule has 16 heterocycles. The van der Waals surface area contributed by atoms with Crippen LogP contribution in [0, 0.1) is 11.8 Å². The summed E-state index contributed by atoms with van der Waals surface area (Å²) in [7, 11) is -17.7. The molecule has 8 aliphatic heterocycles. The van der Waals surface area contributed by atoms with Crippen LogP contribution in [0.1, 0.15) is 132 Å². The van der Waals surface area contributed by atoms with Crippen LogP contribution in [0.25, 0.3) is 44.7 Å². The maximum Gasteiger partial charge on any atom is 0.362 e. The van der Waals surface area contributed by atoms with Gasteiger partial charge in [0.25, 0.3) is 11.8 Å². The number of imidazole rings is 4. The van der Waals surface area contributed by atoms with E-state index in [1.165, 1.54) is 29.4 Å². The highest BCUT2D eigenvalue weighted by Crippen LogP contribution is 2.40. The highest BCUT2D eigenvalue weighted by atomic mass is 32.2. The number of aliphatic hydroxyl groups excluding tert-OH is 8. The monoisotopic (exact) mass is 1790 g/mol. The Hall–Kier alpha value is -9.80. The number of nitrogen functional groups attached to an aromatic ring is 4. The van der Waals surface area contributed by atoms with Gasteiger partial charge in [0.05, 0.1) is 61.3 Å². The molecule has 8 aromatic heterocycles. The van der Waals surface area contributed by atoms with E-state index < -0.39 is 202 Å². The van der Waals surface area contributed by atoms with Crippen molar-refractivity contribution in [1.82, 2.24) is 77.0 Å². The number of carbonyl (C=O) groups is 4. The van der Waals surface area contributed by atoms with Crippen LogP contribution in [0.3, 0.4) is 0 Å². The van der Waals surface area contributed by atoms with Crippen LogP contribution in [-0.4, -0.2) is 268 Å². The van der Waals surface area contributed by atoms with E-state index in [1.807, 2.05) is 4.72 Å². The molecule has 54 heteroatoms. The molecule has 4 amide bonds. The third-order valence-corrected chi connectivity index (χ3v) is 24.4.